The Morgan fingerprint density at radius 3 is 2.55 bits per heavy atom. The summed E-state index contributed by atoms with van der Waals surface area (Å²) in [5.74, 6) is 0.915. The number of methoxy groups -OCH3 is 1. The third-order valence-corrected chi connectivity index (χ3v) is 3.14. The number of aliphatic hydroxyl groups is 1. The van der Waals surface area contributed by atoms with Crippen molar-refractivity contribution in [3.8, 4) is 5.75 Å². The number of ether oxygens (including phenoxy) is 2. The van der Waals surface area contributed by atoms with E-state index in [0.29, 0.717) is 13.0 Å². The molecule has 1 aromatic carbocycles. The second-order valence-electron chi connectivity index (χ2n) is 4.99. The molecular weight excluding hydrogens is 254 g/mol. The van der Waals surface area contributed by atoms with Gasteiger partial charge in [0, 0.05) is 13.2 Å². The van der Waals surface area contributed by atoms with Crippen molar-refractivity contribution >= 4 is 0 Å². The fourth-order valence-corrected chi connectivity index (χ4v) is 1.93. The van der Waals surface area contributed by atoms with Crippen molar-refractivity contribution in [3.05, 3.63) is 29.8 Å². The van der Waals surface area contributed by atoms with Gasteiger partial charge in [-0.05, 0) is 44.0 Å². The Kier molecular flexibility index (Phi) is 8.26. The molecule has 0 bridgehead atoms. The van der Waals surface area contributed by atoms with Crippen LogP contribution >= 0.6 is 0 Å². The van der Waals surface area contributed by atoms with Gasteiger partial charge in [-0.25, -0.2) is 0 Å². The summed E-state index contributed by atoms with van der Waals surface area (Å²) in [6, 6.07) is 8.42. The first-order valence-corrected chi connectivity index (χ1v) is 7.30. The number of hydrogen-bond acceptors (Lipinski definition) is 4. The minimum atomic E-state index is -0.399. The lowest BCUT2D eigenvalue weighted by Gasteiger charge is -2.16. The van der Waals surface area contributed by atoms with Crippen molar-refractivity contribution in [1.29, 1.82) is 0 Å². The van der Waals surface area contributed by atoms with E-state index in [4.69, 9.17) is 9.47 Å². The number of aliphatic hydroxyl groups excluding tert-OH is 1. The second-order valence-corrected chi connectivity index (χ2v) is 4.99. The SMILES string of the molecule is CCCOc1ccc(C(C)NCCC(O)COC)cc1. The first-order chi connectivity index (χ1) is 9.67. The Morgan fingerprint density at radius 1 is 1.25 bits per heavy atom. The number of nitrogens with one attached hydrogen (secondary N) is 1. The molecule has 1 aromatic rings. The topological polar surface area (TPSA) is 50.7 Å². The lowest BCUT2D eigenvalue weighted by Crippen LogP contribution is -2.25. The average molecular weight is 281 g/mol. The summed E-state index contributed by atoms with van der Waals surface area (Å²) in [6.07, 6.45) is 1.31. The Balaban J connectivity index is 2.33. The molecule has 0 spiro atoms. The van der Waals surface area contributed by atoms with Crippen LogP contribution < -0.4 is 10.1 Å². The van der Waals surface area contributed by atoms with Crippen LogP contribution in [0.25, 0.3) is 0 Å². The molecule has 0 fully saturated rings. The molecule has 1 rings (SSSR count). The van der Waals surface area contributed by atoms with Gasteiger partial charge in [0.2, 0.25) is 0 Å². The normalized spacial score (nSPS) is 14.0. The van der Waals surface area contributed by atoms with Crippen molar-refractivity contribution in [3.63, 3.8) is 0 Å². The van der Waals surface area contributed by atoms with E-state index in [1.54, 1.807) is 7.11 Å². The standard InChI is InChI=1S/C16H27NO3/c1-4-11-20-16-7-5-14(6-8-16)13(2)17-10-9-15(18)12-19-3/h5-8,13,15,17-18H,4,9-12H2,1-3H3. The molecule has 2 atom stereocenters. The van der Waals surface area contributed by atoms with Crippen LogP contribution in [-0.2, 0) is 4.74 Å². The molecule has 0 amide bonds. The van der Waals surface area contributed by atoms with E-state index in [-0.39, 0.29) is 6.04 Å². The lowest BCUT2D eigenvalue weighted by molar-refractivity contribution is 0.0590. The van der Waals surface area contributed by atoms with Gasteiger partial charge in [0.05, 0.1) is 19.3 Å². The van der Waals surface area contributed by atoms with E-state index in [9.17, 15) is 5.11 Å². The van der Waals surface area contributed by atoms with Gasteiger partial charge in [-0.2, -0.15) is 0 Å². The van der Waals surface area contributed by atoms with Crippen LogP contribution in [0.1, 0.15) is 38.3 Å². The summed E-state index contributed by atoms with van der Waals surface area (Å²) in [6.45, 7) is 6.12. The molecular formula is C16H27NO3. The molecule has 20 heavy (non-hydrogen) atoms. The molecule has 4 nitrogen and oxygen atoms in total. The van der Waals surface area contributed by atoms with Gasteiger partial charge < -0.3 is 19.9 Å². The van der Waals surface area contributed by atoms with Crippen molar-refractivity contribution in [2.45, 2.75) is 38.8 Å². The molecule has 0 aliphatic carbocycles. The minimum absolute atomic E-state index is 0.255. The average Bonchev–Trinajstić information content (AvgIpc) is 2.46. The van der Waals surface area contributed by atoms with Crippen LogP contribution in [0.5, 0.6) is 5.75 Å². The predicted molar refractivity (Wildman–Crippen MR) is 81.1 cm³/mol. The van der Waals surface area contributed by atoms with Crippen LogP contribution in [0.2, 0.25) is 0 Å². The van der Waals surface area contributed by atoms with Gasteiger partial charge in [0.15, 0.2) is 0 Å². The maximum atomic E-state index is 9.57. The predicted octanol–water partition coefficient (Wildman–Crippen LogP) is 2.52. The molecule has 2 N–H and O–H groups in total. The number of hydrogen-bond donors (Lipinski definition) is 2. The number of benzene rings is 1. The monoisotopic (exact) mass is 281 g/mol. The first kappa shape index (κ1) is 17.0. The fourth-order valence-electron chi connectivity index (χ4n) is 1.93. The van der Waals surface area contributed by atoms with Gasteiger partial charge in [-0.3, -0.25) is 0 Å². The van der Waals surface area contributed by atoms with E-state index < -0.39 is 6.10 Å². The van der Waals surface area contributed by atoms with E-state index in [1.165, 1.54) is 5.56 Å². The van der Waals surface area contributed by atoms with Crippen molar-refractivity contribution < 1.29 is 14.6 Å². The lowest BCUT2D eigenvalue weighted by atomic mass is 10.1. The Bertz CT molecular complexity index is 353. The highest BCUT2D eigenvalue weighted by molar-refractivity contribution is 5.28. The smallest absolute Gasteiger partial charge is 0.119 e. The molecule has 0 radical (unpaired) electrons. The largest absolute Gasteiger partial charge is 0.494 e. The summed E-state index contributed by atoms with van der Waals surface area (Å²) in [5.41, 5.74) is 1.22. The molecule has 0 aliphatic rings. The maximum Gasteiger partial charge on any atom is 0.119 e. The van der Waals surface area contributed by atoms with E-state index >= 15 is 0 Å². The molecule has 0 saturated heterocycles. The minimum Gasteiger partial charge on any atom is -0.494 e. The second kappa shape index (κ2) is 9.75. The fraction of sp³-hybridized carbons (Fsp3) is 0.625. The molecule has 114 valence electrons. The van der Waals surface area contributed by atoms with Crippen molar-refractivity contribution in [2.75, 3.05) is 26.9 Å². The molecule has 0 aliphatic heterocycles. The first-order valence-electron chi connectivity index (χ1n) is 7.30. The molecule has 0 saturated carbocycles. The van der Waals surface area contributed by atoms with Crippen LogP contribution in [0, 0.1) is 0 Å². The third kappa shape index (κ3) is 6.37. The van der Waals surface area contributed by atoms with Crippen LogP contribution in [0.3, 0.4) is 0 Å². The Labute approximate surface area is 122 Å². The van der Waals surface area contributed by atoms with Crippen LogP contribution in [0.4, 0.5) is 0 Å². The molecule has 0 heterocycles. The summed E-state index contributed by atoms with van der Waals surface area (Å²) < 4.78 is 10.5. The zero-order chi connectivity index (χ0) is 14.8. The third-order valence-electron chi connectivity index (χ3n) is 3.14. The van der Waals surface area contributed by atoms with Crippen LogP contribution in [-0.4, -0.2) is 38.1 Å². The molecule has 4 heteroatoms. The zero-order valence-corrected chi connectivity index (χ0v) is 12.8. The maximum absolute atomic E-state index is 9.57. The highest BCUT2D eigenvalue weighted by Crippen LogP contribution is 2.17. The van der Waals surface area contributed by atoms with E-state index in [1.807, 2.05) is 12.1 Å². The number of rotatable bonds is 10. The highest BCUT2D eigenvalue weighted by Gasteiger charge is 2.07. The summed E-state index contributed by atoms with van der Waals surface area (Å²) in [7, 11) is 1.60. The van der Waals surface area contributed by atoms with E-state index in [0.717, 1.165) is 25.3 Å². The van der Waals surface area contributed by atoms with Gasteiger partial charge in [-0.15, -0.1) is 0 Å². The van der Waals surface area contributed by atoms with Gasteiger partial charge in [0.1, 0.15) is 5.75 Å². The quantitative estimate of drug-likeness (QED) is 0.692. The Hall–Kier alpha value is -1.10. The summed E-state index contributed by atoms with van der Waals surface area (Å²) in [4.78, 5) is 0. The van der Waals surface area contributed by atoms with Gasteiger partial charge >= 0.3 is 0 Å². The molecule has 2 unspecified atom stereocenters. The zero-order valence-electron chi connectivity index (χ0n) is 12.8. The van der Waals surface area contributed by atoms with Crippen molar-refractivity contribution in [2.24, 2.45) is 0 Å². The molecule has 0 aromatic heterocycles. The van der Waals surface area contributed by atoms with Crippen molar-refractivity contribution in [1.82, 2.24) is 5.32 Å². The van der Waals surface area contributed by atoms with Gasteiger partial charge in [-0.1, -0.05) is 19.1 Å². The van der Waals surface area contributed by atoms with Gasteiger partial charge in [0.25, 0.3) is 0 Å². The van der Waals surface area contributed by atoms with E-state index in [2.05, 4.69) is 31.3 Å². The Morgan fingerprint density at radius 2 is 1.95 bits per heavy atom. The summed E-state index contributed by atoms with van der Waals surface area (Å²) >= 11 is 0. The highest BCUT2D eigenvalue weighted by atomic mass is 16.5. The summed E-state index contributed by atoms with van der Waals surface area (Å²) in [5, 5.41) is 13.0. The van der Waals surface area contributed by atoms with Crippen LogP contribution in [0.15, 0.2) is 24.3 Å².